The highest BCUT2D eigenvalue weighted by Gasteiger charge is 2.26. The van der Waals surface area contributed by atoms with E-state index in [9.17, 15) is 9.18 Å². The van der Waals surface area contributed by atoms with Gasteiger partial charge < -0.3 is 19.3 Å². The van der Waals surface area contributed by atoms with Gasteiger partial charge in [-0.2, -0.15) is 0 Å². The molecule has 156 valence electrons. The molecule has 0 unspecified atom stereocenters. The zero-order valence-electron chi connectivity index (χ0n) is 16.9. The van der Waals surface area contributed by atoms with Crippen LogP contribution in [0.1, 0.15) is 10.4 Å². The van der Waals surface area contributed by atoms with Gasteiger partial charge in [-0.25, -0.2) is 9.37 Å². The molecule has 0 bridgehead atoms. The van der Waals surface area contributed by atoms with E-state index < -0.39 is 0 Å². The average Bonchev–Trinajstić information content (AvgIpc) is 3.28. The van der Waals surface area contributed by atoms with Gasteiger partial charge in [-0.05, 0) is 24.3 Å². The van der Waals surface area contributed by atoms with Crippen LogP contribution in [0.25, 0.3) is 5.69 Å². The molecule has 1 fully saturated rings. The van der Waals surface area contributed by atoms with Gasteiger partial charge in [-0.1, -0.05) is 12.1 Å². The maximum absolute atomic E-state index is 14.2. The zero-order valence-corrected chi connectivity index (χ0v) is 16.9. The van der Waals surface area contributed by atoms with Crippen molar-refractivity contribution in [2.24, 2.45) is 0 Å². The molecule has 4 rings (SSSR count). The van der Waals surface area contributed by atoms with E-state index in [0.29, 0.717) is 54.9 Å². The Morgan fingerprint density at radius 2 is 1.80 bits per heavy atom. The number of para-hydroxylation sites is 1. The minimum absolute atomic E-state index is 0.0911. The molecular formula is C22H23FN4O3. The van der Waals surface area contributed by atoms with Crippen molar-refractivity contribution in [2.45, 2.75) is 0 Å². The summed E-state index contributed by atoms with van der Waals surface area (Å²) in [5.41, 5.74) is 0.950. The van der Waals surface area contributed by atoms with Crippen LogP contribution in [0, 0.1) is 5.82 Å². The second-order valence-electron chi connectivity index (χ2n) is 6.89. The number of amides is 1. The topological polar surface area (TPSA) is 59.8 Å². The first-order valence-electron chi connectivity index (χ1n) is 9.67. The van der Waals surface area contributed by atoms with Gasteiger partial charge in [0, 0.05) is 44.6 Å². The Morgan fingerprint density at radius 3 is 2.50 bits per heavy atom. The fourth-order valence-corrected chi connectivity index (χ4v) is 3.62. The number of rotatable bonds is 5. The number of methoxy groups -OCH3 is 2. The van der Waals surface area contributed by atoms with Crippen molar-refractivity contribution in [3.63, 3.8) is 0 Å². The van der Waals surface area contributed by atoms with Gasteiger partial charge >= 0.3 is 0 Å². The van der Waals surface area contributed by atoms with Crippen molar-refractivity contribution < 1.29 is 18.7 Å². The number of imidazole rings is 1. The van der Waals surface area contributed by atoms with E-state index in [4.69, 9.17) is 9.47 Å². The van der Waals surface area contributed by atoms with Crippen LogP contribution in [0.2, 0.25) is 0 Å². The fourth-order valence-electron chi connectivity index (χ4n) is 3.62. The number of nitrogens with zero attached hydrogens (tertiary/aromatic N) is 4. The molecule has 0 radical (unpaired) electrons. The first-order chi connectivity index (χ1) is 14.6. The Labute approximate surface area is 174 Å². The van der Waals surface area contributed by atoms with Crippen molar-refractivity contribution in [1.29, 1.82) is 0 Å². The van der Waals surface area contributed by atoms with Crippen molar-refractivity contribution in [3.05, 3.63) is 66.2 Å². The molecule has 3 aromatic rings. The van der Waals surface area contributed by atoms with Crippen molar-refractivity contribution in [2.75, 3.05) is 45.3 Å². The van der Waals surface area contributed by atoms with Crippen LogP contribution in [0.3, 0.4) is 0 Å². The summed E-state index contributed by atoms with van der Waals surface area (Å²) in [7, 11) is 3.10. The summed E-state index contributed by atoms with van der Waals surface area (Å²) in [5, 5.41) is 0. The lowest BCUT2D eigenvalue weighted by atomic mass is 10.1. The summed E-state index contributed by atoms with van der Waals surface area (Å²) in [4.78, 5) is 21.3. The van der Waals surface area contributed by atoms with E-state index in [1.807, 2.05) is 0 Å². The molecule has 1 aliphatic rings. The Balaban J connectivity index is 1.49. The Kier molecular flexibility index (Phi) is 5.56. The minimum Gasteiger partial charge on any atom is -0.497 e. The van der Waals surface area contributed by atoms with Crippen LogP contribution < -0.4 is 14.4 Å². The number of hydrogen-bond acceptors (Lipinski definition) is 5. The molecule has 7 nitrogen and oxygen atoms in total. The predicted molar refractivity (Wildman–Crippen MR) is 111 cm³/mol. The standard InChI is InChI=1S/C22H23FN4O3/c1-29-16-7-8-17(20(15-16)30-2)21(28)25-11-13-26(14-12-25)22-24-9-10-27(22)19-6-4-3-5-18(19)23/h3-10,15H,11-14H2,1-2H3. The van der Waals surface area contributed by atoms with Crippen LogP contribution in [-0.4, -0.2) is 60.8 Å². The van der Waals surface area contributed by atoms with E-state index in [2.05, 4.69) is 9.88 Å². The summed E-state index contributed by atoms with van der Waals surface area (Å²) < 4.78 is 26.5. The van der Waals surface area contributed by atoms with Crippen LogP contribution in [-0.2, 0) is 0 Å². The van der Waals surface area contributed by atoms with Gasteiger partial charge in [0.05, 0.1) is 25.5 Å². The van der Waals surface area contributed by atoms with Gasteiger partial charge in [-0.3, -0.25) is 9.36 Å². The molecule has 8 heteroatoms. The van der Waals surface area contributed by atoms with Gasteiger partial charge in [0.2, 0.25) is 5.95 Å². The van der Waals surface area contributed by atoms with E-state index in [0.717, 1.165) is 0 Å². The SMILES string of the molecule is COc1ccc(C(=O)N2CCN(c3nccn3-c3ccccc3F)CC2)c(OC)c1. The summed E-state index contributed by atoms with van der Waals surface area (Å²) in [6, 6.07) is 11.8. The second kappa shape index (κ2) is 8.44. The maximum Gasteiger partial charge on any atom is 0.257 e. The molecule has 1 saturated heterocycles. The van der Waals surface area contributed by atoms with E-state index >= 15 is 0 Å². The number of piperazine rings is 1. The Hall–Kier alpha value is -3.55. The molecule has 30 heavy (non-hydrogen) atoms. The second-order valence-corrected chi connectivity index (χ2v) is 6.89. The normalized spacial score (nSPS) is 14.0. The molecule has 0 atom stereocenters. The highest BCUT2D eigenvalue weighted by Crippen LogP contribution is 2.27. The number of carbonyl (C=O) groups is 1. The smallest absolute Gasteiger partial charge is 0.257 e. The van der Waals surface area contributed by atoms with E-state index in [-0.39, 0.29) is 11.7 Å². The van der Waals surface area contributed by atoms with Crippen molar-refractivity contribution >= 4 is 11.9 Å². The summed E-state index contributed by atoms with van der Waals surface area (Å²) in [6.07, 6.45) is 3.40. The minimum atomic E-state index is -0.308. The monoisotopic (exact) mass is 410 g/mol. The molecular weight excluding hydrogens is 387 g/mol. The number of halogens is 1. The molecule has 0 saturated carbocycles. The van der Waals surface area contributed by atoms with Crippen molar-refractivity contribution in [3.8, 4) is 17.2 Å². The maximum atomic E-state index is 14.2. The molecule has 1 amide bonds. The van der Waals surface area contributed by atoms with E-state index in [1.54, 1.807) is 65.4 Å². The third-order valence-corrected chi connectivity index (χ3v) is 5.22. The Morgan fingerprint density at radius 1 is 1.03 bits per heavy atom. The number of hydrogen-bond donors (Lipinski definition) is 0. The molecule has 0 N–H and O–H groups in total. The predicted octanol–water partition coefficient (Wildman–Crippen LogP) is 2.99. The van der Waals surface area contributed by atoms with Gasteiger partial charge in [0.1, 0.15) is 17.3 Å². The quantitative estimate of drug-likeness (QED) is 0.647. The highest BCUT2D eigenvalue weighted by molar-refractivity contribution is 5.97. The number of benzene rings is 2. The lowest BCUT2D eigenvalue weighted by Gasteiger charge is -2.35. The molecule has 2 heterocycles. The number of carbonyl (C=O) groups excluding carboxylic acids is 1. The zero-order chi connectivity index (χ0) is 21.1. The third-order valence-electron chi connectivity index (χ3n) is 5.22. The highest BCUT2D eigenvalue weighted by atomic mass is 19.1. The average molecular weight is 410 g/mol. The van der Waals surface area contributed by atoms with E-state index in [1.165, 1.54) is 13.2 Å². The first-order valence-corrected chi connectivity index (χ1v) is 9.67. The van der Waals surface area contributed by atoms with Gasteiger partial charge in [-0.15, -0.1) is 0 Å². The lowest BCUT2D eigenvalue weighted by molar-refractivity contribution is 0.0742. The lowest BCUT2D eigenvalue weighted by Crippen LogP contribution is -2.49. The molecule has 1 aliphatic heterocycles. The van der Waals surface area contributed by atoms with Gasteiger partial charge in [0.15, 0.2) is 0 Å². The third kappa shape index (κ3) is 3.68. The summed E-state index contributed by atoms with van der Waals surface area (Å²) in [5.74, 6) is 1.38. The van der Waals surface area contributed by atoms with Crippen LogP contribution in [0.5, 0.6) is 11.5 Å². The largest absolute Gasteiger partial charge is 0.497 e. The summed E-state index contributed by atoms with van der Waals surface area (Å²) in [6.45, 7) is 2.24. The molecule has 2 aromatic carbocycles. The van der Waals surface area contributed by atoms with Crippen molar-refractivity contribution in [1.82, 2.24) is 14.5 Å². The number of anilines is 1. The number of ether oxygens (including phenoxy) is 2. The first kappa shape index (κ1) is 19.8. The molecule has 1 aromatic heterocycles. The summed E-state index contributed by atoms with van der Waals surface area (Å²) >= 11 is 0. The van der Waals surface area contributed by atoms with Gasteiger partial charge in [0.25, 0.3) is 5.91 Å². The van der Waals surface area contributed by atoms with Crippen LogP contribution in [0.4, 0.5) is 10.3 Å². The fraction of sp³-hybridized carbons (Fsp3) is 0.273. The molecule has 0 aliphatic carbocycles. The van der Waals surface area contributed by atoms with Crippen LogP contribution in [0.15, 0.2) is 54.9 Å². The van der Waals surface area contributed by atoms with Crippen LogP contribution >= 0.6 is 0 Å². The number of aromatic nitrogens is 2. The Bertz CT molecular complexity index is 1040. The molecule has 0 spiro atoms.